The van der Waals surface area contributed by atoms with Crippen molar-refractivity contribution >= 4 is 47.2 Å². The fraction of sp³-hybridized carbons (Fsp3) is 0.250. The van der Waals surface area contributed by atoms with Gasteiger partial charge in [-0.3, -0.25) is 24.5 Å². The lowest BCUT2D eigenvalue weighted by Crippen LogP contribution is -2.58. The Bertz CT molecular complexity index is 1180. The minimum atomic E-state index is -1.39. The first-order chi connectivity index (χ1) is 16.0. The van der Waals surface area contributed by atoms with Gasteiger partial charge in [0.2, 0.25) is 11.8 Å². The molecule has 3 N–H and O–H groups in total. The molecule has 1 unspecified atom stereocenters. The number of rotatable bonds is 5. The van der Waals surface area contributed by atoms with Crippen LogP contribution in [0.2, 0.25) is 0 Å². The average Bonchev–Trinajstić information content (AvgIpc) is 2.75. The van der Waals surface area contributed by atoms with Crippen LogP contribution in [-0.4, -0.2) is 35.9 Å². The maximum atomic E-state index is 12.8. The molecular formula is C24H25N5O5. The molecule has 0 aliphatic carbocycles. The van der Waals surface area contributed by atoms with E-state index in [1.54, 1.807) is 64.1 Å². The molecule has 0 bridgehead atoms. The van der Waals surface area contributed by atoms with E-state index < -0.39 is 35.1 Å². The fourth-order valence-corrected chi connectivity index (χ4v) is 2.99. The van der Waals surface area contributed by atoms with Gasteiger partial charge in [0.1, 0.15) is 0 Å². The molecule has 6 amide bonds. The summed E-state index contributed by atoms with van der Waals surface area (Å²) in [5.74, 6) is -3.76. The number of aryl methyl sites for hydroxylation is 1. The molecule has 1 aliphatic rings. The van der Waals surface area contributed by atoms with Crippen LogP contribution in [0.3, 0.4) is 0 Å². The van der Waals surface area contributed by atoms with Crippen LogP contribution in [0.25, 0.3) is 0 Å². The lowest BCUT2D eigenvalue weighted by atomic mass is 9.95. The van der Waals surface area contributed by atoms with Crippen LogP contribution >= 0.6 is 0 Å². The van der Waals surface area contributed by atoms with Crippen LogP contribution in [-0.2, 0) is 14.4 Å². The molecule has 1 fully saturated rings. The van der Waals surface area contributed by atoms with Crippen molar-refractivity contribution in [3.05, 3.63) is 59.7 Å². The van der Waals surface area contributed by atoms with Crippen LogP contribution in [0.1, 0.15) is 36.7 Å². The molecule has 176 valence electrons. The smallest absolute Gasteiger partial charge is 0.326 e. The second-order valence-corrected chi connectivity index (χ2v) is 8.79. The number of hydrogen-bond donors (Lipinski definition) is 3. The topological polar surface area (TPSA) is 137 Å². The number of carbonyl (C=O) groups is 5. The molecule has 0 spiro atoms. The highest BCUT2D eigenvalue weighted by molar-refractivity contribution is 6.32. The maximum Gasteiger partial charge on any atom is 0.335 e. The van der Waals surface area contributed by atoms with Crippen molar-refractivity contribution in [1.29, 1.82) is 0 Å². The molecule has 2 aromatic carbocycles. The van der Waals surface area contributed by atoms with E-state index in [4.69, 9.17) is 0 Å². The van der Waals surface area contributed by atoms with Crippen molar-refractivity contribution in [2.24, 2.45) is 16.4 Å². The third-order valence-electron chi connectivity index (χ3n) is 4.94. The highest BCUT2D eigenvalue weighted by Gasteiger charge is 2.40. The Morgan fingerprint density at radius 1 is 1.06 bits per heavy atom. The summed E-state index contributed by atoms with van der Waals surface area (Å²) in [5.41, 5.74) is 3.62. The summed E-state index contributed by atoms with van der Waals surface area (Å²) in [7, 11) is 0. The Labute approximate surface area is 196 Å². The Morgan fingerprint density at radius 3 is 2.35 bits per heavy atom. The zero-order valence-corrected chi connectivity index (χ0v) is 19.2. The van der Waals surface area contributed by atoms with Gasteiger partial charge in [-0.05, 0) is 48.9 Å². The second-order valence-electron chi connectivity index (χ2n) is 8.79. The molecule has 1 heterocycles. The van der Waals surface area contributed by atoms with Gasteiger partial charge >= 0.3 is 6.03 Å². The van der Waals surface area contributed by atoms with Crippen molar-refractivity contribution < 1.29 is 24.0 Å². The van der Waals surface area contributed by atoms with Gasteiger partial charge in [0, 0.05) is 22.9 Å². The van der Waals surface area contributed by atoms with Gasteiger partial charge in [0.05, 0.1) is 5.69 Å². The monoisotopic (exact) mass is 463 g/mol. The van der Waals surface area contributed by atoms with Gasteiger partial charge in [-0.15, -0.1) is 0 Å². The number of barbiturate groups is 1. The normalized spacial score (nSPS) is 16.4. The van der Waals surface area contributed by atoms with Crippen molar-refractivity contribution in [1.82, 2.24) is 10.7 Å². The molecule has 10 nitrogen and oxygen atoms in total. The number of nitrogens with one attached hydrogen (secondary N) is 3. The molecule has 0 radical (unpaired) electrons. The zero-order valence-electron chi connectivity index (χ0n) is 19.2. The van der Waals surface area contributed by atoms with Gasteiger partial charge in [0.25, 0.3) is 11.8 Å². The van der Waals surface area contributed by atoms with Crippen LogP contribution in [0, 0.1) is 18.3 Å². The predicted octanol–water partition coefficient (Wildman–Crippen LogP) is 2.59. The first kappa shape index (κ1) is 24.3. The molecule has 34 heavy (non-hydrogen) atoms. The summed E-state index contributed by atoms with van der Waals surface area (Å²) in [6.07, 6.45) is 0.975. The number of hydrogen-bond acceptors (Lipinski definition) is 6. The Kier molecular flexibility index (Phi) is 6.90. The molecule has 1 saturated heterocycles. The Balaban J connectivity index is 1.66. The highest BCUT2D eigenvalue weighted by atomic mass is 16.2. The predicted molar refractivity (Wildman–Crippen MR) is 126 cm³/mol. The van der Waals surface area contributed by atoms with E-state index in [2.05, 4.69) is 21.2 Å². The number of carbonyl (C=O) groups excluding carboxylic acids is 5. The SMILES string of the molecule is Cc1cccc(N2C(=O)NC(=O)C(C=NNC(=O)c3ccc(NC(=O)C(C)(C)C)cc3)C2=O)c1. The lowest BCUT2D eigenvalue weighted by molar-refractivity contribution is -0.131. The highest BCUT2D eigenvalue weighted by Crippen LogP contribution is 2.21. The van der Waals surface area contributed by atoms with Crippen LogP contribution in [0.15, 0.2) is 53.6 Å². The average molecular weight is 463 g/mol. The molecule has 2 aromatic rings. The first-order valence-electron chi connectivity index (χ1n) is 10.5. The number of anilines is 2. The van der Waals surface area contributed by atoms with Gasteiger partial charge < -0.3 is 5.32 Å². The Hall–Kier alpha value is -4.34. The van der Waals surface area contributed by atoms with E-state index >= 15 is 0 Å². The summed E-state index contributed by atoms with van der Waals surface area (Å²) in [5, 5.41) is 8.60. The molecule has 0 aromatic heterocycles. The van der Waals surface area contributed by atoms with Gasteiger partial charge in [-0.2, -0.15) is 5.10 Å². The van der Waals surface area contributed by atoms with Gasteiger partial charge in [-0.1, -0.05) is 32.9 Å². The van der Waals surface area contributed by atoms with E-state index in [0.717, 1.165) is 16.7 Å². The molecule has 3 rings (SSSR count). The zero-order chi connectivity index (χ0) is 25.0. The second kappa shape index (κ2) is 9.65. The molecule has 1 atom stereocenters. The number of benzene rings is 2. The summed E-state index contributed by atoms with van der Waals surface area (Å²) in [4.78, 5) is 62.5. The van der Waals surface area contributed by atoms with Crippen molar-refractivity contribution in [2.75, 3.05) is 10.2 Å². The number of urea groups is 1. The van der Waals surface area contributed by atoms with Gasteiger partial charge in [0.15, 0.2) is 5.92 Å². The minimum Gasteiger partial charge on any atom is -0.326 e. The largest absolute Gasteiger partial charge is 0.335 e. The van der Waals surface area contributed by atoms with Crippen molar-refractivity contribution in [3.8, 4) is 0 Å². The molecule has 1 aliphatic heterocycles. The minimum absolute atomic E-state index is 0.164. The van der Waals surface area contributed by atoms with E-state index in [1.165, 1.54) is 12.1 Å². The van der Waals surface area contributed by atoms with Crippen LogP contribution in [0.4, 0.5) is 16.2 Å². The van der Waals surface area contributed by atoms with Crippen LogP contribution in [0.5, 0.6) is 0 Å². The summed E-state index contributed by atoms with van der Waals surface area (Å²) < 4.78 is 0. The quantitative estimate of drug-likeness (QED) is 0.356. The summed E-state index contributed by atoms with van der Waals surface area (Å²) in [6, 6.07) is 12.0. The number of nitrogens with zero attached hydrogens (tertiary/aromatic N) is 2. The van der Waals surface area contributed by atoms with Crippen molar-refractivity contribution in [2.45, 2.75) is 27.7 Å². The standard InChI is InChI=1S/C24H25N5O5/c1-14-6-5-7-17(12-14)29-21(32)18(20(31)27-23(29)34)13-25-28-19(30)15-8-10-16(11-9-15)26-22(33)24(2,3)4/h5-13,18H,1-4H3,(H,26,33)(H,28,30)(H,27,31,34). The van der Waals surface area contributed by atoms with E-state index in [1.807, 2.05) is 0 Å². The lowest BCUT2D eigenvalue weighted by Gasteiger charge is -2.28. The van der Waals surface area contributed by atoms with E-state index in [0.29, 0.717) is 11.4 Å². The number of hydrazone groups is 1. The first-order valence-corrected chi connectivity index (χ1v) is 10.5. The van der Waals surface area contributed by atoms with Crippen LogP contribution < -0.4 is 21.0 Å². The molecule has 0 saturated carbocycles. The van der Waals surface area contributed by atoms with Gasteiger partial charge in [-0.25, -0.2) is 15.1 Å². The summed E-state index contributed by atoms with van der Waals surface area (Å²) >= 11 is 0. The number of amides is 6. The van der Waals surface area contributed by atoms with Crippen molar-refractivity contribution in [3.63, 3.8) is 0 Å². The maximum absolute atomic E-state index is 12.8. The van der Waals surface area contributed by atoms with E-state index in [9.17, 15) is 24.0 Å². The third-order valence-corrected chi connectivity index (χ3v) is 4.94. The number of imide groups is 2. The van der Waals surface area contributed by atoms with E-state index in [-0.39, 0.29) is 11.5 Å². The fourth-order valence-electron chi connectivity index (χ4n) is 2.99. The molecule has 10 heteroatoms. The summed E-state index contributed by atoms with van der Waals surface area (Å²) in [6.45, 7) is 7.17. The molecular weight excluding hydrogens is 438 g/mol. The Morgan fingerprint density at radius 2 is 1.74 bits per heavy atom. The third kappa shape index (κ3) is 5.52.